The highest BCUT2D eigenvalue weighted by atomic mass is 17.4. The number of rotatable bonds is 1. The second-order valence-corrected chi connectivity index (χ2v) is 8.10. The minimum Gasteiger partial charge on any atom is -0.197 e. The Hall–Kier alpha value is -0.520. The molecule has 2 nitrogen and oxygen atoms in total. The topological polar surface area (TPSA) is 25.1 Å². The van der Waals surface area contributed by atoms with Gasteiger partial charge >= 0.3 is 0 Å². The van der Waals surface area contributed by atoms with E-state index in [1.807, 2.05) is 0 Å². The van der Waals surface area contributed by atoms with Crippen molar-refractivity contribution in [1.29, 1.82) is 0 Å². The highest BCUT2D eigenvalue weighted by Gasteiger charge is 2.53. The van der Waals surface area contributed by atoms with Crippen LogP contribution in [0.4, 0.5) is 0 Å². The van der Waals surface area contributed by atoms with Gasteiger partial charge in [-0.25, -0.2) is 0 Å². The van der Waals surface area contributed by atoms with E-state index in [0.29, 0.717) is 0 Å². The fourth-order valence-corrected chi connectivity index (χ4v) is 1.29. The second kappa shape index (κ2) is 4.25. The molecule has 1 aliphatic rings. The molecular weight excluding hydrogens is 224 g/mol. The third-order valence-corrected chi connectivity index (χ3v) is 4.73. The fraction of sp³-hybridized carbons (Fsp3) is 0.875. The van der Waals surface area contributed by atoms with Crippen LogP contribution in [-0.2, 0) is 9.78 Å². The molecule has 0 aromatic heterocycles. The third kappa shape index (κ3) is 2.90. The Morgan fingerprint density at radius 3 is 1.39 bits per heavy atom. The quantitative estimate of drug-likeness (QED) is 0.392. The van der Waals surface area contributed by atoms with Crippen LogP contribution in [0.5, 0.6) is 0 Å². The van der Waals surface area contributed by atoms with E-state index in [0.717, 1.165) is 0 Å². The molecule has 1 saturated heterocycles. The molecule has 0 spiro atoms. The van der Waals surface area contributed by atoms with Crippen molar-refractivity contribution in [3.05, 3.63) is 0 Å². The molecule has 1 atom stereocenters. The lowest BCUT2D eigenvalue weighted by atomic mass is 9.65. The maximum absolute atomic E-state index is 5.05. The van der Waals surface area contributed by atoms with Crippen molar-refractivity contribution in [2.75, 3.05) is 0 Å². The summed E-state index contributed by atoms with van der Waals surface area (Å²) in [5, 5.41) is 0. The van der Waals surface area contributed by atoms with Gasteiger partial charge in [-0.3, -0.25) is 0 Å². The summed E-state index contributed by atoms with van der Waals surface area (Å²) in [6.07, 6.45) is -0.194. The first-order valence-electron chi connectivity index (χ1n) is 6.68. The molecule has 0 N–H and O–H groups in total. The monoisotopic (exact) mass is 252 g/mol. The average molecular weight is 252 g/mol. The Morgan fingerprint density at radius 1 is 0.667 bits per heavy atom. The lowest BCUT2D eigenvalue weighted by Crippen LogP contribution is -2.37. The summed E-state index contributed by atoms with van der Waals surface area (Å²) in [4.78, 5) is 10.1. The van der Waals surface area contributed by atoms with Crippen molar-refractivity contribution in [2.24, 2.45) is 21.7 Å². The maximum atomic E-state index is 5.05. The van der Waals surface area contributed by atoms with Gasteiger partial charge in [0.15, 0.2) is 0 Å². The third-order valence-electron chi connectivity index (χ3n) is 4.73. The molecule has 18 heavy (non-hydrogen) atoms. The van der Waals surface area contributed by atoms with Gasteiger partial charge in [-0.05, 0) is 31.6 Å². The summed E-state index contributed by atoms with van der Waals surface area (Å²) in [6.45, 7) is 19.7. The largest absolute Gasteiger partial charge is 0.241 e. The molecule has 0 aromatic rings. The molecule has 0 bridgehead atoms. The zero-order valence-electron chi connectivity index (χ0n) is 13.4. The Balaban J connectivity index is 3.08. The molecule has 0 radical (unpaired) electrons. The predicted molar refractivity (Wildman–Crippen MR) is 74.5 cm³/mol. The lowest BCUT2D eigenvalue weighted by molar-refractivity contribution is 0.0850. The molecule has 1 aliphatic heterocycles. The van der Waals surface area contributed by atoms with E-state index in [2.05, 4.69) is 74.2 Å². The van der Waals surface area contributed by atoms with Crippen LogP contribution in [0.2, 0.25) is 0 Å². The van der Waals surface area contributed by atoms with Gasteiger partial charge in [0.25, 0.3) is 0 Å². The molecule has 0 saturated carbocycles. The van der Waals surface area contributed by atoms with E-state index in [1.165, 1.54) is 0 Å². The molecular formula is C16H28O2. The van der Waals surface area contributed by atoms with Gasteiger partial charge in [0.1, 0.15) is 0 Å². The summed E-state index contributed by atoms with van der Waals surface area (Å²) in [6, 6.07) is 0. The molecule has 1 rings (SSSR count). The van der Waals surface area contributed by atoms with Gasteiger partial charge in [-0.15, -0.1) is 0 Å². The van der Waals surface area contributed by atoms with E-state index >= 15 is 0 Å². The predicted octanol–water partition coefficient (Wildman–Crippen LogP) is 4.40. The van der Waals surface area contributed by atoms with Gasteiger partial charge in [0.05, 0.1) is 5.41 Å². The first-order chi connectivity index (χ1) is 7.81. The Labute approximate surface area is 112 Å². The van der Waals surface area contributed by atoms with Crippen molar-refractivity contribution < 1.29 is 9.78 Å². The SMILES string of the molecule is CC(C)(C)C(C)(C)C#CC(C)(C1OO1)C(C)(C)C. The zero-order chi connectivity index (χ0) is 14.4. The van der Waals surface area contributed by atoms with Crippen LogP contribution in [-0.4, -0.2) is 6.29 Å². The van der Waals surface area contributed by atoms with E-state index in [9.17, 15) is 0 Å². The zero-order valence-corrected chi connectivity index (χ0v) is 13.4. The van der Waals surface area contributed by atoms with Crippen molar-refractivity contribution in [1.82, 2.24) is 0 Å². The van der Waals surface area contributed by atoms with Crippen molar-refractivity contribution in [3.63, 3.8) is 0 Å². The summed E-state index contributed by atoms with van der Waals surface area (Å²) in [5.41, 5.74) is -0.177. The summed E-state index contributed by atoms with van der Waals surface area (Å²) >= 11 is 0. The normalized spacial score (nSPS) is 20.9. The number of hydrogen-bond acceptors (Lipinski definition) is 2. The van der Waals surface area contributed by atoms with Crippen molar-refractivity contribution in [2.45, 2.75) is 68.6 Å². The van der Waals surface area contributed by atoms with Gasteiger partial charge in [-0.2, -0.15) is 9.78 Å². The van der Waals surface area contributed by atoms with Crippen LogP contribution in [0, 0.1) is 33.5 Å². The highest BCUT2D eigenvalue weighted by molar-refractivity contribution is 5.22. The van der Waals surface area contributed by atoms with Crippen LogP contribution < -0.4 is 0 Å². The molecule has 2 heteroatoms. The molecule has 104 valence electrons. The van der Waals surface area contributed by atoms with Crippen LogP contribution >= 0.6 is 0 Å². The molecule has 0 aromatic carbocycles. The second-order valence-electron chi connectivity index (χ2n) is 8.10. The Bertz CT molecular complexity index is 367. The van der Waals surface area contributed by atoms with E-state index < -0.39 is 0 Å². The van der Waals surface area contributed by atoms with Crippen LogP contribution in [0.1, 0.15) is 62.3 Å². The Morgan fingerprint density at radius 2 is 1.11 bits per heavy atom. The molecule has 0 aliphatic carbocycles. The average Bonchev–Trinajstić information content (AvgIpc) is 2.93. The highest BCUT2D eigenvalue weighted by Crippen LogP contribution is 2.48. The van der Waals surface area contributed by atoms with Gasteiger partial charge in [0.2, 0.25) is 6.29 Å². The number of hydrogen-bond donors (Lipinski definition) is 0. The summed E-state index contributed by atoms with van der Waals surface area (Å²) < 4.78 is 0. The van der Waals surface area contributed by atoms with E-state index in [4.69, 9.17) is 9.78 Å². The minimum absolute atomic E-state index is 0.00906. The molecule has 1 unspecified atom stereocenters. The maximum Gasteiger partial charge on any atom is 0.241 e. The van der Waals surface area contributed by atoms with Gasteiger partial charge in [-0.1, -0.05) is 53.4 Å². The van der Waals surface area contributed by atoms with Crippen LogP contribution in [0.15, 0.2) is 0 Å². The summed E-state index contributed by atoms with van der Waals surface area (Å²) in [7, 11) is 0. The standard InChI is InChI=1S/C16H28O2/c1-13(2,3)15(7,8)10-11-16(9,12-17-18-12)14(4,5)6/h12H,1-9H3. The van der Waals surface area contributed by atoms with E-state index in [-0.39, 0.29) is 27.9 Å². The van der Waals surface area contributed by atoms with Crippen LogP contribution in [0.25, 0.3) is 0 Å². The molecule has 1 fully saturated rings. The fourth-order valence-electron chi connectivity index (χ4n) is 1.29. The molecule has 0 amide bonds. The smallest absolute Gasteiger partial charge is 0.197 e. The van der Waals surface area contributed by atoms with Crippen LogP contribution in [0.3, 0.4) is 0 Å². The summed E-state index contributed by atoms with van der Waals surface area (Å²) in [5.74, 6) is 6.90. The first kappa shape index (κ1) is 15.5. The van der Waals surface area contributed by atoms with Gasteiger partial charge < -0.3 is 0 Å². The first-order valence-corrected chi connectivity index (χ1v) is 6.68. The minimum atomic E-state index is -0.282. The van der Waals surface area contributed by atoms with Crippen molar-refractivity contribution in [3.8, 4) is 11.8 Å². The Kier molecular flexibility index (Phi) is 3.67. The van der Waals surface area contributed by atoms with Crippen molar-refractivity contribution >= 4 is 0 Å². The van der Waals surface area contributed by atoms with Gasteiger partial charge in [0, 0.05) is 5.41 Å². The van der Waals surface area contributed by atoms with E-state index in [1.54, 1.807) is 0 Å². The lowest BCUT2D eigenvalue weighted by Gasteiger charge is -2.37. The molecule has 1 heterocycles.